The van der Waals surface area contributed by atoms with Crippen LogP contribution in [-0.2, 0) is 16.1 Å². The molecule has 1 atom stereocenters. The summed E-state index contributed by atoms with van der Waals surface area (Å²) in [5.74, 6) is 2.12. The lowest BCUT2D eigenvalue weighted by Crippen LogP contribution is -2.35. The number of hydrogen-bond donors (Lipinski definition) is 0. The number of aromatic nitrogens is 2. The fraction of sp³-hybridized carbons (Fsp3) is 0.320. The van der Waals surface area contributed by atoms with Crippen LogP contribution >= 0.6 is 0 Å². The summed E-state index contributed by atoms with van der Waals surface area (Å²) in [6.07, 6.45) is -0.655. The number of nitrogens with zero attached hydrogens (tertiary/aromatic N) is 3. The van der Waals surface area contributed by atoms with Gasteiger partial charge in [-0.15, -0.1) is 5.10 Å². The van der Waals surface area contributed by atoms with E-state index in [0.29, 0.717) is 35.2 Å². The van der Waals surface area contributed by atoms with Crippen LogP contribution in [0.4, 0.5) is 0 Å². The van der Waals surface area contributed by atoms with Gasteiger partial charge in [0.25, 0.3) is 5.91 Å². The van der Waals surface area contributed by atoms with E-state index in [0.717, 1.165) is 11.3 Å². The minimum absolute atomic E-state index is 0.115. The topological polar surface area (TPSA) is 83.0 Å². The van der Waals surface area contributed by atoms with Crippen molar-refractivity contribution in [1.29, 1.82) is 0 Å². The van der Waals surface area contributed by atoms with Crippen LogP contribution in [0.5, 0.6) is 23.1 Å². The Bertz CT molecular complexity index is 1110. The van der Waals surface area contributed by atoms with Gasteiger partial charge in [-0.2, -0.15) is 5.10 Å². The third-order valence-electron chi connectivity index (χ3n) is 5.45. The SMILES string of the molecule is COc1cccc(OC)c1C1OC(C)(C)C(=O)N1Cc1ccc(Oc2ccc(C)nn2)cc1. The van der Waals surface area contributed by atoms with Gasteiger partial charge in [0.15, 0.2) is 6.23 Å². The molecular weight excluding hydrogens is 422 g/mol. The summed E-state index contributed by atoms with van der Waals surface area (Å²) in [5, 5.41) is 8.01. The second-order valence-electron chi connectivity index (χ2n) is 8.25. The Morgan fingerprint density at radius 1 is 0.970 bits per heavy atom. The van der Waals surface area contributed by atoms with Crippen LogP contribution in [0.1, 0.15) is 36.9 Å². The van der Waals surface area contributed by atoms with Crippen molar-refractivity contribution in [2.24, 2.45) is 0 Å². The Labute approximate surface area is 193 Å². The minimum atomic E-state index is -0.982. The van der Waals surface area contributed by atoms with E-state index in [1.807, 2.05) is 55.5 Å². The van der Waals surface area contributed by atoms with Crippen molar-refractivity contribution >= 4 is 5.91 Å². The van der Waals surface area contributed by atoms with Gasteiger partial charge in [0, 0.05) is 12.6 Å². The zero-order valence-electron chi connectivity index (χ0n) is 19.4. The summed E-state index contributed by atoms with van der Waals surface area (Å²) < 4.78 is 23.1. The molecule has 8 nitrogen and oxygen atoms in total. The van der Waals surface area contributed by atoms with E-state index in [4.69, 9.17) is 18.9 Å². The predicted molar refractivity (Wildman–Crippen MR) is 121 cm³/mol. The second kappa shape index (κ2) is 9.07. The maximum absolute atomic E-state index is 13.2. The average molecular weight is 450 g/mol. The molecule has 2 aromatic carbocycles. The molecule has 0 bridgehead atoms. The van der Waals surface area contributed by atoms with Gasteiger partial charge in [-0.3, -0.25) is 4.79 Å². The summed E-state index contributed by atoms with van der Waals surface area (Å²) >= 11 is 0. The average Bonchev–Trinajstić information content (AvgIpc) is 3.04. The standard InChI is InChI=1S/C25H27N3O5/c1-16-9-14-21(27-26-16)32-18-12-10-17(11-13-18)15-28-23(33-25(2,3)24(28)29)22-19(30-4)7-6-8-20(22)31-5/h6-14,23H,15H2,1-5H3. The molecular formula is C25H27N3O5. The zero-order chi connectivity index (χ0) is 23.6. The van der Waals surface area contributed by atoms with Crippen LogP contribution in [0.25, 0.3) is 0 Å². The van der Waals surface area contributed by atoms with Crippen LogP contribution in [0, 0.1) is 6.92 Å². The lowest BCUT2D eigenvalue weighted by Gasteiger charge is -2.26. The molecule has 1 amide bonds. The van der Waals surface area contributed by atoms with Crippen LogP contribution in [-0.4, -0.2) is 40.8 Å². The molecule has 0 N–H and O–H groups in total. The highest BCUT2D eigenvalue weighted by atomic mass is 16.6. The second-order valence-corrected chi connectivity index (χ2v) is 8.25. The molecule has 1 fully saturated rings. The van der Waals surface area contributed by atoms with Crippen molar-refractivity contribution in [2.45, 2.75) is 39.1 Å². The number of carbonyl (C=O) groups excluding carboxylic acids is 1. The molecule has 0 saturated carbocycles. The first kappa shape index (κ1) is 22.5. The quantitative estimate of drug-likeness (QED) is 0.528. The Kier molecular flexibility index (Phi) is 6.20. The number of aryl methyl sites for hydroxylation is 1. The Morgan fingerprint density at radius 2 is 1.64 bits per heavy atom. The van der Waals surface area contributed by atoms with Gasteiger partial charge in [-0.05, 0) is 56.7 Å². The molecule has 1 unspecified atom stereocenters. The third kappa shape index (κ3) is 4.61. The highest BCUT2D eigenvalue weighted by Crippen LogP contribution is 2.45. The molecule has 1 aliphatic heterocycles. The molecule has 1 aromatic heterocycles. The van der Waals surface area contributed by atoms with Crippen molar-refractivity contribution in [3.05, 3.63) is 71.4 Å². The highest BCUT2D eigenvalue weighted by Gasteiger charge is 2.48. The molecule has 2 heterocycles. The number of benzene rings is 2. The highest BCUT2D eigenvalue weighted by molar-refractivity contribution is 5.86. The summed E-state index contributed by atoms with van der Waals surface area (Å²) in [5.41, 5.74) is 1.44. The lowest BCUT2D eigenvalue weighted by molar-refractivity contribution is -0.134. The molecule has 4 rings (SSSR count). The summed E-state index contributed by atoms with van der Waals surface area (Å²) in [6.45, 7) is 5.75. The first-order valence-corrected chi connectivity index (χ1v) is 10.6. The summed E-state index contributed by atoms with van der Waals surface area (Å²) in [7, 11) is 3.17. The van der Waals surface area contributed by atoms with E-state index in [-0.39, 0.29) is 5.91 Å². The number of rotatable bonds is 7. The molecule has 1 aliphatic rings. The largest absolute Gasteiger partial charge is 0.496 e. The van der Waals surface area contributed by atoms with E-state index >= 15 is 0 Å². The number of methoxy groups -OCH3 is 2. The van der Waals surface area contributed by atoms with Crippen molar-refractivity contribution in [1.82, 2.24) is 15.1 Å². The van der Waals surface area contributed by atoms with E-state index in [1.54, 1.807) is 39.0 Å². The van der Waals surface area contributed by atoms with Crippen LogP contribution in [0.2, 0.25) is 0 Å². The smallest absolute Gasteiger partial charge is 0.256 e. The first-order chi connectivity index (χ1) is 15.8. The Morgan fingerprint density at radius 3 is 2.21 bits per heavy atom. The molecule has 33 heavy (non-hydrogen) atoms. The summed E-state index contributed by atoms with van der Waals surface area (Å²) in [6, 6.07) is 16.6. The molecule has 3 aromatic rings. The number of amides is 1. The van der Waals surface area contributed by atoms with Crippen LogP contribution in [0.3, 0.4) is 0 Å². The first-order valence-electron chi connectivity index (χ1n) is 10.6. The lowest BCUT2D eigenvalue weighted by atomic mass is 10.1. The molecule has 172 valence electrons. The van der Waals surface area contributed by atoms with Crippen LogP contribution in [0.15, 0.2) is 54.6 Å². The molecule has 1 saturated heterocycles. The number of hydrogen-bond acceptors (Lipinski definition) is 7. The minimum Gasteiger partial charge on any atom is -0.496 e. The van der Waals surface area contributed by atoms with Gasteiger partial charge in [0.2, 0.25) is 5.88 Å². The maximum atomic E-state index is 13.2. The van der Waals surface area contributed by atoms with Crippen LogP contribution < -0.4 is 14.2 Å². The van der Waals surface area contributed by atoms with Crippen molar-refractivity contribution in [2.75, 3.05) is 14.2 Å². The van der Waals surface area contributed by atoms with Crippen molar-refractivity contribution in [3.63, 3.8) is 0 Å². The normalized spacial score (nSPS) is 17.2. The zero-order valence-corrected chi connectivity index (χ0v) is 19.4. The fourth-order valence-corrected chi connectivity index (χ4v) is 3.76. The molecule has 0 radical (unpaired) electrons. The third-order valence-corrected chi connectivity index (χ3v) is 5.45. The van der Waals surface area contributed by atoms with Gasteiger partial charge in [0.05, 0.1) is 25.5 Å². The van der Waals surface area contributed by atoms with Crippen molar-refractivity contribution < 1.29 is 23.7 Å². The van der Waals surface area contributed by atoms with Gasteiger partial charge in [-0.25, -0.2) is 0 Å². The predicted octanol–water partition coefficient (Wildman–Crippen LogP) is 4.43. The number of ether oxygens (including phenoxy) is 4. The van der Waals surface area contributed by atoms with Crippen molar-refractivity contribution in [3.8, 4) is 23.1 Å². The van der Waals surface area contributed by atoms with E-state index in [9.17, 15) is 4.79 Å². The molecule has 8 heteroatoms. The summed E-state index contributed by atoms with van der Waals surface area (Å²) in [4.78, 5) is 14.9. The Hall–Kier alpha value is -3.65. The maximum Gasteiger partial charge on any atom is 0.256 e. The van der Waals surface area contributed by atoms with Gasteiger partial charge in [0.1, 0.15) is 22.8 Å². The van der Waals surface area contributed by atoms with E-state index in [2.05, 4.69) is 10.2 Å². The molecule has 0 spiro atoms. The fourth-order valence-electron chi connectivity index (χ4n) is 3.76. The van der Waals surface area contributed by atoms with E-state index < -0.39 is 11.8 Å². The van der Waals surface area contributed by atoms with Gasteiger partial charge < -0.3 is 23.8 Å². The van der Waals surface area contributed by atoms with E-state index in [1.165, 1.54) is 0 Å². The Balaban J connectivity index is 1.59. The monoisotopic (exact) mass is 449 g/mol. The molecule has 0 aliphatic carbocycles. The van der Waals surface area contributed by atoms with Gasteiger partial charge >= 0.3 is 0 Å². The number of carbonyl (C=O) groups is 1. The van der Waals surface area contributed by atoms with Gasteiger partial charge in [-0.1, -0.05) is 18.2 Å².